The first-order valence-corrected chi connectivity index (χ1v) is 9.77. The molecule has 1 atom stereocenters. The van der Waals surface area contributed by atoms with E-state index < -0.39 is 6.04 Å². The molecule has 2 rings (SSSR count). The van der Waals surface area contributed by atoms with Gasteiger partial charge in [-0.1, -0.05) is 61.8 Å². The fraction of sp³-hybridized carbons (Fsp3) is 0.318. The highest BCUT2D eigenvalue weighted by Crippen LogP contribution is 2.15. The number of nitrogens with zero attached hydrogens (tertiary/aromatic N) is 1. The normalized spacial score (nSPS) is 11.6. The second kappa shape index (κ2) is 10.6. The van der Waals surface area contributed by atoms with E-state index in [1.54, 1.807) is 31.3 Å². The first-order valence-electron chi connectivity index (χ1n) is 9.40. The Labute approximate surface area is 176 Å². The lowest BCUT2D eigenvalue weighted by atomic mass is 10.0. The van der Waals surface area contributed by atoms with Gasteiger partial charge in [-0.25, -0.2) is 0 Å². The molecule has 0 aliphatic heterocycles. The van der Waals surface area contributed by atoms with E-state index in [-0.39, 0.29) is 36.6 Å². The van der Waals surface area contributed by atoms with Gasteiger partial charge in [-0.2, -0.15) is 0 Å². The first-order chi connectivity index (χ1) is 13.8. The molecule has 0 aromatic heterocycles. The summed E-state index contributed by atoms with van der Waals surface area (Å²) in [6.45, 7) is 3.57. The van der Waals surface area contributed by atoms with Gasteiger partial charge in [0.1, 0.15) is 6.04 Å². The van der Waals surface area contributed by atoms with Crippen molar-refractivity contribution >= 4 is 35.0 Å². The van der Waals surface area contributed by atoms with Crippen molar-refractivity contribution in [1.29, 1.82) is 0 Å². The summed E-state index contributed by atoms with van der Waals surface area (Å²) in [7, 11) is 1.54. The van der Waals surface area contributed by atoms with Crippen LogP contribution in [0.4, 0.5) is 5.69 Å². The Morgan fingerprint density at radius 2 is 1.69 bits per heavy atom. The van der Waals surface area contributed by atoms with Gasteiger partial charge in [0.25, 0.3) is 0 Å². The Kier molecular flexibility index (Phi) is 8.21. The molecule has 0 heterocycles. The molecule has 0 aliphatic rings. The highest BCUT2D eigenvalue weighted by atomic mass is 35.5. The number of anilines is 1. The van der Waals surface area contributed by atoms with Gasteiger partial charge in [0.2, 0.25) is 17.7 Å². The third-order valence-corrected chi connectivity index (χ3v) is 4.56. The smallest absolute Gasteiger partial charge is 0.245 e. The van der Waals surface area contributed by atoms with Crippen molar-refractivity contribution in [3.8, 4) is 0 Å². The maximum absolute atomic E-state index is 12.8. The van der Waals surface area contributed by atoms with E-state index in [2.05, 4.69) is 10.6 Å². The molecule has 0 aliphatic carbocycles. The summed E-state index contributed by atoms with van der Waals surface area (Å²) in [6, 6.07) is 15.4. The number of likely N-dealkylation sites (N-methyl/N-ethyl adjacent to an activating group) is 1. The highest BCUT2D eigenvalue weighted by Gasteiger charge is 2.27. The Hall–Kier alpha value is -2.86. The van der Waals surface area contributed by atoms with Crippen LogP contribution in [0.2, 0.25) is 5.02 Å². The number of rotatable bonds is 8. The van der Waals surface area contributed by atoms with Crippen LogP contribution >= 0.6 is 11.6 Å². The van der Waals surface area contributed by atoms with Crippen LogP contribution in [0, 0.1) is 5.92 Å². The summed E-state index contributed by atoms with van der Waals surface area (Å²) in [5.41, 5.74) is 1.43. The molecule has 0 bridgehead atoms. The van der Waals surface area contributed by atoms with Crippen molar-refractivity contribution in [3.63, 3.8) is 0 Å². The van der Waals surface area contributed by atoms with E-state index >= 15 is 0 Å². The predicted octanol–water partition coefficient (Wildman–Crippen LogP) is 3.12. The van der Waals surface area contributed by atoms with Gasteiger partial charge in [-0.15, -0.1) is 0 Å². The summed E-state index contributed by atoms with van der Waals surface area (Å²) < 4.78 is 0. The average Bonchev–Trinajstić information content (AvgIpc) is 2.66. The van der Waals surface area contributed by atoms with Gasteiger partial charge < -0.3 is 15.5 Å². The van der Waals surface area contributed by atoms with Crippen LogP contribution in [0.15, 0.2) is 54.6 Å². The molecular weight excluding hydrogens is 390 g/mol. The minimum atomic E-state index is -0.713. The maximum atomic E-state index is 12.8. The Bertz CT molecular complexity index is 855. The summed E-state index contributed by atoms with van der Waals surface area (Å²) in [4.78, 5) is 38.8. The summed E-state index contributed by atoms with van der Waals surface area (Å²) >= 11 is 5.91. The highest BCUT2D eigenvalue weighted by molar-refractivity contribution is 6.30. The molecule has 6 nitrogen and oxygen atoms in total. The van der Waals surface area contributed by atoms with Crippen molar-refractivity contribution in [3.05, 3.63) is 65.2 Å². The van der Waals surface area contributed by atoms with Gasteiger partial charge in [-0.05, 0) is 29.7 Å². The van der Waals surface area contributed by atoms with Crippen molar-refractivity contribution in [2.75, 3.05) is 18.9 Å². The zero-order chi connectivity index (χ0) is 21.4. The van der Waals surface area contributed by atoms with Crippen LogP contribution in [-0.4, -0.2) is 42.3 Å². The summed E-state index contributed by atoms with van der Waals surface area (Å²) in [6.07, 6.45) is 0.191. The number of carbonyl (C=O) groups is 3. The molecule has 0 fully saturated rings. The monoisotopic (exact) mass is 415 g/mol. The molecule has 1 unspecified atom stereocenters. The lowest BCUT2D eigenvalue weighted by Crippen LogP contribution is -2.51. The third kappa shape index (κ3) is 7.23. The second-order valence-corrected chi connectivity index (χ2v) is 7.64. The van der Waals surface area contributed by atoms with Crippen molar-refractivity contribution in [2.24, 2.45) is 5.92 Å². The average molecular weight is 416 g/mol. The molecule has 2 aromatic rings. The summed E-state index contributed by atoms with van der Waals surface area (Å²) in [5, 5.41) is 6.01. The molecule has 0 saturated carbocycles. The molecule has 2 N–H and O–H groups in total. The van der Waals surface area contributed by atoms with Crippen molar-refractivity contribution in [2.45, 2.75) is 26.3 Å². The number of hydrogen-bond acceptors (Lipinski definition) is 3. The van der Waals surface area contributed by atoms with Crippen LogP contribution in [0.5, 0.6) is 0 Å². The van der Waals surface area contributed by atoms with Gasteiger partial charge >= 0.3 is 0 Å². The molecule has 0 spiro atoms. The fourth-order valence-corrected chi connectivity index (χ4v) is 3.01. The van der Waals surface area contributed by atoms with Crippen LogP contribution in [0.3, 0.4) is 0 Å². The number of halogens is 1. The zero-order valence-electron chi connectivity index (χ0n) is 16.8. The topological polar surface area (TPSA) is 78.5 Å². The van der Waals surface area contributed by atoms with Crippen LogP contribution in [0.1, 0.15) is 19.4 Å². The van der Waals surface area contributed by atoms with Crippen molar-refractivity contribution < 1.29 is 14.4 Å². The van der Waals surface area contributed by atoms with E-state index in [0.717, 1.165) is 5.56 Å². The van der Waals surface area contributed by atoms with E-state index in [1.165, 1.54) is 4.90 Å². The predicted molar refractivity (Wildman–Crippen MR) is 115 cm³/mol. The standard InChI is InChI=1S/C22H26ClN3O3/c1-15(2)21(25-19(27)12-16-8-5-4-6-9-16)22(29)26(3)14-20(28)24-18-11-7-10-17(23)13-18/h4-11,13,15,21H,12,14H2,1-3H3,(H,24,28)(H,25,27). The van der Waals surface area contributed by atoms with Crippen LogP contribution < -0.4 is 10.6 Å². The number of hydrogen-bond donors (Lipinski definition) is 2. The van der Waals surface area contributed by atoms with E-state index in [4.69, 9.17) is 11.6 Å². The number of nitrogens with one attached hydrogen (secondary N) is 2. The molecule has 2 aromatic carbocycles. The molecular formula is C22H26ClN3O3. The lowest BCUT2D eigenvalue weighted by Gasteiger charge is -2.27. The lowest BCUT2D eigenvalue weighted by molar-refractivity contribution is -0.138. The molecule has 0 saturated heterocycles. The zero-order valence-corrected chi connectivity index (χ0v) is 17.6. The van der Waals surface area contributed by atoms with Crippen LogP contribution in [-0.2, 0) is 20.8 Å². The van der Waals surface area contributed by atoms with E-state index in [9.17, 15) is 14.4 Å². The van der Waals surface area contributed by atoms with Crippen molar-refractivity contribution in [1.82, 2.24) is 10.2 Å². The number of benzene rings is 2. The Balaban J connectivity index is 1.94. The largest absolute Gasteiger partial charge is 0.344 e. The molecule has 7 heteroatoms. The van der Waals surface area contributed by atoms with E-state index in [0.29, 0.717) is 10.7 Å². The number of amides is 3. The minimum Gasteiger partial charge on any atom is -0.344 e. The van der Waals surface area contributed by atoms with Gasteiger partial charge in [0.15, 0.2) is 0 Å². The quantitative estimate of drug-likeness (QED) is 0.695. The summed E-state index contributed by atoms with van der Waals surface area (Å²) in [5.74, 6) is -1.02. The van der Waals surface area contributed by atoms with Gasteiger partial charge in [0, 0.05) is 17.8 Å². The molecule has 0 radical (unpaired) electrons. The second-order valence-electron chi connectivity index (χ2n) is 7.20. The molecule has 3 amide bonds. The van der Waals surface area contributed by atoms with Gasteiger partial charge in [-0.3, -0.25) is 14.4 Å². The Morgan fingerprint density at radius 3 is 2.31 bits per heavy atom. The molecule has 154 valence electrons. The first kappa shape index (κ1) is 22.4. The SMILES string of the molecule is CC(C)C(NC(=O)Cc1ccccc1)C(=O)N(C)CC(=O)Nc1cccc(Cl)c1. The maximum Gasteiger partial charge on any atom is 0.245 e. The van der Waals surface area contributed by atoms with Gasteiger partial charge in [0.05, 0.1) is 13.0 Å². The van der Waals surface area contributed by atoms with Crippen LogP contribution in [0.25, 0.3) is 0 Å². The Morgan fingerprint density at radius 1 is 1.00 bits per heavy atom. The number of carbonyl (C=O) groups excluding carboxylic acids is 3. The minimum absolute atomic E-state index is 0.124. The molecule has 29 heavy (non-hydrogen) atoms. The van der Waals surface area contributed by atoms with E-state index in [1.807, 2.05) is 44.2 Å². The third-order valence-electron chi connectivity index (χ3n) is 4.32. The fourth-order valence-electron chi connectivity index (χ4n) is 2.82.